The molecule has 118 valence electrons. The Hall–Kier alpha value is -2.63. The van der Waals surface area contributed by atoms with E-state index in [1.54, 1.807) is 25.1 Å². The summed E-state index contributed by atoms with van der Waals surface area (Å²) in [7, 11) is 0. The third kappa shape index (κ3) is 2.97. The zero-order valence-corrected chi connectivity index (χ0v) is 12.3. The summed E-state index contributed by atoms with van der Waals surface area (Å²) in [6.07, 6.45) is -4.37. The molecule has 0 amide bonds. The van der Waals surface area contributed by atoms with Crippen LogP contribution < -0.4 is 5.56 Å². The largest absolute Gasteiger partial charge is 0.416 e. The van der Waals surface area contributed by atoms with E-state index in [0.717, 1.165) is 12.1 Å². The predicted molar refractivity (Wildman–Crippen MR) is 81.3 cm³/mol. The summed E-state index contributed by atoms with van der Waals surface area (Å²) in [4.78, 5) is 16.6. The molecule has 0 aliphatic carbocycles. The Bertz CT molecular complexity index is 912. The van der Waals surface area contributed by atoms with Gasteiger partial charge in [0.1, 0.15) is 5.69 Å². The average Bonchev–Trinajstić information content (AvgIpc) is 2.51. The van der Waals surface area contributed by atoms with Crippen LogP contribution in [0.15, 0.2) is 53.3 Å². The van der Waals surface area contributed by atoms with Crippen molar-refractivity contribution in [3.05, 3.63) is 75.7 Å². The predicted octanol–water partition coefficient (Wildman–Crippen LogP) is 3.77. The van der Waals surface area contributed by atoms with Crippen molar-refractivity contribution in [2.24, 2.45) is 0 Å². The summed E-state index contributed by atoms with van der Waals surface area (Å²) in [5, 5.41) is 0. The zero-order valence-electron chi connectivity index (χ0n) is 12.3. The van der Waals surface area contributed by atoms with Crippen LogP contribution in [0.3, 0.4) is 0 Å². The molecule has 0 saturated heterocycles. The maximum atomic E-state index is 12.6. The molecule has 23 heavy (non-hydrogen) atoms. The molecular weight excluding hydrogens is 305 g/mol. The van der Waals surface area contributed by atoms with Gasteiger partial charge in [0, 0.05) is 0 Å². The van der Waals surface area contributed by atoms with Crippen LogP contribution in [0.25, 0.3) is 11.0 Å². The van der Waals surface area contributed by atoms with Gasteiger partial charge in [-0.25, -0.2) is 4.98 Å². The van der Waals surface area contributed by atoms with Crippen LogP contribution in [0.5, 0.6) is 0 Å². The average molecular weight is 318 g/mol. The first-order valence-electron chi connectivity index (χ1n) is 6.98. The fourth-order valence-electron chi connectivity index (χ4n) is 2.46. The lowest BCUT2D eigenvalue weighted by Gasteiger charge is -2.12. The molecule has 0 aliphatic rings. The summed E-state index contributed by atoms with van der Waals surface area (Å²) in [6, 6.07) is 12.0. The van der Waals surface area contributed by atoms with Gasteiger partial charge in [-0.15, -0.1) is 0 Å². The standard InChI is InChI=1S/C17H13F3N2O/c1-11-16(23)22(15-5-3-2-4-14(15)21-11)10-12-6-8-13(9-7-12)17(18,19)20/h2-9H,10H2,1H3. The normalized spacial score (nSPS) is 11.8. The molecule has 0 atom stereocenters. The second-order valence-corrected chi connectivity index (χ2v) is 5.27. The van der Waals surface area contributed by atoms with Gasteiger partial charge in [0.25, 0.3) is 5.56 Å². The molecule has 0 spiro atoms. The fraction of sp³-hybridized carbons (Fsp3) is 0.176. The lowest BCUT2D eigenvalue weighted by Crippen LogP contribution is -2.24. The first kappa shape index (κ1) is 15.3. The van der Waals surface area contributed by atoms with E-state index in [4.69, 9.17) is 0 Å². The number of alkyl halides is 3. The van der Waals surface area contributed by atoms with Gasteiger partial charge < -0.3 is 4.57 Å². The third-order valence-corrected chi connectivity index (χ3v) is 3.64. The van der Waals surface area contributed by atoms with Crippen LogP contribution in [0.4, 0.5) is 13.2 Å². The summed E-state index contributed by atoms with van der Waals surface area (Å²) >= 11 is 0. The van der Waals surface area contributed by atoms with Gasteiger partial charge in [-0.3, -0.25) is 4.79 Å². The number of rotatable bonds is 2. The second kappa shape index (κ2) is 5.53. The van der Waals surface area contributed by atoms with Crippen LogP contribution in [0.1, 0.15) is 16.8 Å². The van der Waals surface area contributed by atoms with E-state index in [0.29, 0.717) is 22.3 Å². The van der Waals surface area contributed by atoms with Crippen molar-refractivity contribution in [3.63, 3.8) is 0 Å². The number of aromatic nitrogens is 2. The molecule has 3 nitrogen and oxygen atoms in total. The number of hydrogen-bond donors (Lipinski definition) is 0. The summed E-state index contributed by atoms with van der Waals surface area (Å²) in [5.74, 6) is 0. The number of fused-ring (bicyclic) bond motifs is 1. The minimum atomic E-state index is -4.37. The number of benzene rings is 2. The van der Waals surface area contributed by atoms with Gasteiger partial charge in [-0.05, 0) is 36.8 Å². The highest BCUT2D eigenvalue weighted by atomic mass is 19.4. The fourth-order valence-corrected chi connectivity index (χ4v) is 2.46. The van der Waals surface area contributed by atoms with Gasteiger partial charge in [0.15, 0.2) is 0 Å². The summed E-state index contributed by atoms with van der Waals surface area (Å²) in [5.41, 5.74) is 1.36. The second-order valence-electron chi connectivity index (χ2n) is 5.27. The smallest absolute Gasteiger partial charge is 0.301 e. The van der Waals surface area contributed by atoms with E-state index in [1.807, 2.05) is 6.07 Å². The highest BCUT2D eigenvalue weighted by molar-refractivity contribution is 5.74. The Kier molecular flexibility index (Phi) is 3.67. The summed E-state index contributed by atoms with van der Waals surface area (Å²) < 4.78 is 39.4. The van der Waals surface area contributed by atoms with E-state index in [2.05, 4.69) is 4.98 Å². The van der Waals surface area contributed by atoms with Gasteiger partial charge in [-0.1, -0.05) is 24.3 Å². The van der Waals surface area contributed by atoms with Crippen molar-refractivity contribution in [1.29, 1.82) is 0 Å². The molecule has 0 radical (unpaired) electrons. The first-order chi connectivity index (χ1) is 10.9. The molecule has 6 heteroatoms. The third-order valence-electron chi connectivity index (χ3n) is 3.64. The zero-order chi connectivity index (χ0) is 16.6. The van der Waals surface area contributed by atoms with E-state index in [9.17, 15) is 18.0 Å². The number of hydrogen-bond acceptors (Lipinski definition) is 2. The van der Waals surface area contributed by atoms with Crippen molar-refractivity contribution in [2.75, 3.05) is 0 Å². The Morgan fingerprint density at radius 3 is 2.35 bits per heavy atom. The van der Waals surface area contributed by atoms with Crippen molar-refractivity contribution in [3.8, 4) is 0 Å². The van der Waals surface area contributed by atoms with E-state index >= 15 is 0 Å². The van der Waals surface area contributed by atoms with Gasteiger partial charge >= 0.3 is 6.18 Å². The minimum Gasteiger partial charge on any atom is -0.301 e. The molecule has 0 bridgehead atoms. The molecule has 0 N–H and O–H groups in total. The summed E-state index contributed by atoms with van der Waals surface area (Å²) in [6.45, 7) is 1.82. The van der Waals surface area contributed by atoms with Crippen LogP contribution in [-0.4, -0.2) is 9.55 Å². The molecule has 0 aliphatic heterocycles. The maximum absolute atomic E-state index is 12.6. The molecule has 0 fully saturated rings. The quantitative estimate of drug-likeness (QED) is 0.721. The molecule has 1 heterocycles. The van der Waals surface area contributed by atoms with E-state index in [1.165, 1.54) is 16.7 Å². The Morgan fingerprint density at radius 2 is 1.70 bits per heavy atom. The topological polar surface area (TPSA) is 34.9 Å². The highest BCUT2D eigenvalue weighted by Crippen LogP contribution is 2.29. The number of para-hydroxylation sites is 2. The van der Waals surface area contributed by atoms with Crippen molar-refractivity contribution in [1.82, 2.24) is 9.55 Å². The van der Waals surface area contributed by atoms with Crippen LogP contribution in [0, 0.1) is 6.92 Å². The van der Waals surface area contributed by atoms with Crippen molar-refractivity contribution < 1.29 is 13.2 Å². The van der Waals surface area contributed by atoms with Crippen LogP contribution in [0.2, 0.25) is 0 Å². The molecule has 3 aromatic rings. The minimum absolute atomic E-state index is 0.195. The van der Waals surface area contributed by atoms with Crippen LogP contribution in [-0.2, 0) is 12.7 Å². The molecule has 1 aromatic heterocycles. The van der Waals surface area contributed by atoms with Gasteiger partial charge in [-0.2, -0.15) is 13.2 Å². The Balaban J connectivity index is 2.05. The molecule has 0 saturated carbocycles. The molecule has 3 rings (SSSR count). The lowest BCUT2D eigenvalue weighted by atomic mass is 10.1. The van der Waals surface area contributed by atoms with Crippen molar-refractivity contribution >= 4 is 11.0 Å². The molecule has 0 unspecified atom stereocenters. The Morgan fingerprint density at radius 1 is 1.04 bits per heavy atom. The Labute approximate surface area is 130 Å². The monoisotopic (exact) mass is 318 g/mol. The number of halogens is 3. The lowest BCUT2D eigenvalue weighted by molar-refractivity contribution is -0.137. The van der Waals surface area contributed by atoms with Crippen molar-refractivity contribution in [2.45, 2.75) is 19.6 Å². The number of aryl methyl sites for hydroxylation is 1. The van der Waals surface area contributed by atoms with Crippen LogP contribution >= 0.6 is 0 Å². The SMILES string of the molecule is Cc1nc2ccccc2n(Cc2ccc(C(F)(F)F)cc2)c1=O. The maximum Gasteiger partial charge on any atom is 0.416 e. The molecular formula is C17H13F3N2O. The van der Waals surface area contributed by atoms with E-state index in [-0.39, 0.29) is 12.1 Å². The van der Waals surface area contributed by atoms with Gasteiger partial charge in [0.05, 0.1) is 23.1 Å². The van der Waals surface area contributed by atoms with E-state index < -0.39 is 11.7 Å². The number of nitrogens with zero attached hydrogens (tertiary/aromatic N) is 2. The highest BCUT2D eigenvalue weighted by Gasteiger charge is 2.29. The van der Waals surface area contributed by atoms with Gasteiger partial charge in [0.2, 0.25) is 0 Å². The molecule has 2 aromatic carbocycles. The first-order valence-corrected chi connectivity index (χ1v) is 6.98.